The number of carboxylic acids is 1. The van der Waals surface area contributed by atoms with Crippen LogP contribution in [0.5, 0.6) is 0 Å². The molecule has 2 atom stereocenters. The van der Waals surface area contributed by atoms with Gasteiger partial charge in [0.15, 0.2) is 0 Å². The number of aromatic nitrogens is 2. The summed E-state index contributed by atoms with van der Waals surface area (Å²) in [6.07, 6.45) is 3.27. The van der Waals surface area contributed by atoms with Crippen LogP contribution in [0.25, 0.3) is 0 Å². The lowest BCUT2D eigenvalue weighted by molar-refractivity contribution is -0.389. The summed E-state index contributed by atoms with van der Waals surface area (Å²) in [7, 11) is 0. The quantitative estimate of drug-likeness (QED) is 0.585. The second-order valence-electron chi connectivity index (χ2n) is 4.68. The third-order valence-electron chi connectivity index (χ3n) is 3.30. The van der Waals surface area contributed by atoms with Crippen molar-refractivity contribution in [1.82, 2.24) is 15.1 Å². The minimum atomic E-state index is -0.914. The zero-order valence-corrected chi connectivity index (χ0v) is 10.6. The zero-order valence-electron chi connectivity index (χ0n) is 10.6. The van der Waals surface area contributed by atoms with E-state index in [0.717, 1.165) is 11.1 Å². The monoisotopic (exact) mass is 282 g/mol. The Kier molecular flexibility index (Phi) is 3.97. The third-order valence-corrected chi connectivity index (χ3v) is 3.30. The molecule has 9 nitrogen and oxygen atoms in total. The molecule has 1 aliphatic carbocycles. The molecule has 0 saturated heterocycles. The highest BCUT2D eigenvalue weighted by molar-refractivity contribution is 5.78. The highest BCUT2D eigenvalue weighted by Gasteiger charge is 2.33. The van der Waals surface area contributed by atoms with Crippen LogP contribution in [0.2, 0.25) is 0 Å². The standard InChI is InChI=1S/C11H14N4O5/c16-10(6-14-5-4-9(13-14)15(19)20)12-8-3-1-2-7(8)11(17)18/h4-5,7-8H,1-3,6H2,(H,12,16)(H,17,18). The van der Waals surface area contributed by atoms with Gasteiger partial charge in [0.2, 0.25) is 5.91 Å². The molecular formula is C11H14N4O5. The predicted octanol–water partition coefficient (Wildman–Crippen LogP) is 0.161. The summed E-state index contributed by atoms with van der Waals surface area (Å²) in [5.74, 6) is -2.21. The summed E-state index contributed by atoms with van der Waals surface area (Å²) in [6, 6.07) is 0.814. The summed E-state index contributed by atoms with van der Waals surface area (Å²) < 4.78 is 1.15. The number of hydrogen-bond acceptors (Lipinski definition) is 5. The molecule has 2 rings (SSSR count). The van der Waals surface area contributed by atoms with Gasteiger partial charge in [0.05, 0.1) is 23.3 Å². The van der Waals surface area contributed by atoms with Crippen molar-refractivity contribution in [3.8, 4) is 0 Å². The average molecular weight is 282 g/mol. The Labute approximate surface area is 113 Å². The maximum absolute atomic E-state index is 11.8. The third kappa shape index (κ3) is 3.11. The zero-order chi connectivity index (χ0) is 14.7. The molecule has 0 spiro atoms. The number of nitro groups is 1. The van der Waals surface area contributed by atoms with E-state index >= 15 is 0 Å². The molecule has 1 amide bonds. The van der Waals surface area contributed by atoms with Crippen LogP contribution in [-0.2, 0) is 16.1 Å². The van der Waals surface area contributed by atoms with Crippen LogP contribution in [0.3, 0.4) is 0 Å². The number of carboxylic acid groups (broad SMARTS) is 1. The topological polar surface area (TPSA) is 127 Å². The fourth-order valence-electron chi connectivity index (χ4n) is 2.36. The van der Waals surface area contributed by atoms with Crippen LogP contribution in [0.4, 0.5) is 5.82 Å². The Morgan fingerprint density at radius 2 is 2.30 bits per heavy atom. The Balaban J connectivity index is 1.91. The molecule has 1 aromatic rings. The van der Waals surface area contributed by atoms with E-state index in [1.165, 1.54) is 12.3 Å². The molecule has 1 aromatic heterocycles. The molecule has 0 aliphatic heterocycles. The molecule has 1 saturated carbocycles. The summed E-state index contributed by atoms with van der Waals surface area (Å²) in [5.41, 5.74) is 0. The molecular weight excluding hydrogens is 268 g/mol. The number of amides is 1. The van der Waals surface area contributed by atoms with E-state index < -0.39 is 22.7 Å². The van der Waals surface area contributed by atoms with Gasteiger partial charge in [-0.15, -0.1) is 0 Å². The molecule has 9 heteroatoms. The van der Waals surface area contributed by atoms with Gasteiger partial charge in [0.1, 0.15) is 6.54 Å². The van der Waals surface area contributed by atoms with Crippen molar-refractivity contribution in [3.63, 3.8) is 0 Å². The first-order chi connectivity index (χ1) is 9.47. The molecule has 0 aromatic carbocycles. The predicted molar refractivity (Wildman–Crippen MR) is 65.8 cm³/mol. The lowest BCUT2D eigenvalue weighted by Gasteiger charge is -2.16. The van der Waals surface area contributed by atoms with Gasteiger partial charge in [-0.2, -0.15) is 4.68 Å². The summed E-state index contributed by atoms with van der Waals surface area (Å²) in [6.45, 7) is -0.170. The van der Waals surface area contributed by atoms with Gasteiger partial charge >= 0.3 is 11.8 Å². The maximum atomic E-state index is 11.8. The highest BCUT2D eigenvalue weighted by Crippen LogP contribution is 2.25. The van der Waals surface area contributed by atoms with Crippen molar-refractivity contribution >= 4 is 17.7 Å². The fraction of sp³-hybridized carbons (Fsp3) is 0.545. The maximum Gasteiger partial charge on any atom is 0.389 e. The van der Waals surface area contributed by atoms with Crippen molar-refractivity contribution in [2.24, 2.45) is 5.92 Å². The second kappa shape index (κ2) is 5.68. The van der Waals surface area contributed by atoms with Gasteiger partial charge in [-0.1, -0.05) is 6.42 Å². The van der Waals surface area contributed by atoms with Gasteiger partial charge in [-0.3, -0.25) is 9.59 Å². The Morgan fingerprint density at radius 3 is 2.90 bits per heavy atom. The molecule has 1 aliphatic rings. The van der Waals surface area contributed by atoms with E-state index in [-0.39, 0.29) is 18.4 Å². The summed E-state index contributed by atoms with van der Waals surface area (Å²) in [5, 5.41) is 25.7. The smallest absolute Gasteiger partial charge is 0.389 e. The van der Waals surface area contributed by atoms with Crippen molar-refractivity contribution in [2.45, 2.75) is 31.8 Å². The molecule has 20 heavy (non-hydrogen) atoms. The van der Waals surface area contributed by atoms with Gasteiger partial charge in [0.25, 0.3) is 0 Å². The highest BCUT2D eigenvalue weighted by atomic mass is 16.6. The first-order valence-corrected chi connectivity index (χ1v) is 6.17. The van der Waals surface area contributed by atoms with E-state index in [0.29, 0.717) is 12.8 Å². The number of hydrogen-bond donors (Lipinski definition) is 2. The van der Waals surface area contributed by atoms with E-state index in [2.05, 4.69) is 10.4 Å². The Morgan fingerprint density at radius 1 is 1.55 bits per heavy atom. The average Bonchev–Trinajstić information content (AvgIpc) is 2.97. The second-order valence-corrected chi connectivity index (χ2v) is 4.68. The Hall–Kier alpha value is -2.45. The van der Waals surface area contributed by atoms with E-state index in [1.807, 2.05) is 0 Å². The first kappa shape index (κ1) is 14.0. The number of rotatable bonds is 5. The van der Waals surface area contributed by atoms with Crippen LogP contribution in [-0.4, -0.2) is 37.7 Å². The number of nitrogens with zero attached hydrogens (tertiary/aromatic N) is 3. The molecule has 108 valence electrons. The number of carbonyl (C=O) groups excluding carboxylic acids is 1. The number of carbonyl (C=O) groups is 2. The van der Waals surface area contributed by atoms with Gasteiger partial charge in [-0.05, 0) is 17.8 Å². The van der Waals surface area contributed by atoms with Gasteiger partial charge in [-0.25, -0.2) is 0 Å². The largest absolute Gasteiger partial charge is 0.481 e. The van der Waals surface area contributed by atoms with Crippen LogP contribution in [0.15, 0.2) is 12.3 Å². The van der Waals surface area contributed by atoms with Crippen molar-refractivity contribution in [3.05, 3.63) is 22.4 Å². The molecule has 2 N–H and O–H groups in total. The Bertz CT molecular complexity index is 541. The molecule has 1 fully saturated rings. The molecule has 1 heterocycles. The van der Waals surface area contributed by atoms with E-state index in [4.69, 9.17) is 5.11 Å². The molecule has 0 radical (unpaired) electrons. The van der Waals surface area contributed by atoms with Crippen LogP contribution in [0.1, 0.15) is 19.3 Å². The van der Waals surface area contributed by atoms with Crippen LogP contribution in [0, 0.1) is 16.0 Å². The molecule has 2 unspecified atom stereocenters. The summed E-state index contributed by atoms with van der Waals surface area (Å²) >= 11 is 0. The minimum absolute atomic E-state index is 0.170. The SMILES string of the molecule is O=C(Cn1ccc([N+](=O)[O-])n1)NC1CCCC1C(=O)O. The minimum Gasteiger partial charge on any atom is -0.481 e. The number of aliphatic carboxylic acids is 1. The van der Waals surface area contributed by atoms with Gasteiger partial charge in [0, 0.05) is 6.04 Å². The summed E-state index contributed by atoms with van der Waals surface area (Å²) in [4.78, 5) is 32.6. The first-order valence-electron chi connectivity index (χ1n) is 6.17. The molecule has 0 bridgehead atoms. The lowest BCUT2D eigenvalue weighted by Crippen LogP contribution is -2.41. The van der Waals surface area contributed by atoms with Crippen LogP contribution >= 0.6 is 0 Å². The van der Waals surface area contributed by atoms with Crippen molar-refractivity contribution in [2.75, 3.05) is 0 Å². The van der Waals surface area contributed by atoms with Crippen molar-refractivity contribution < 1.29 is 19.6 Å². The number of nitrogens with one attached hydrogen (secondary N) is 1. The van der Waals surface area contributed by atoms with E-state index in [1.54, 1.807) is 0 Å². The van der Waals surface area contributed by atoms with Crippen LogP contribution < -0.4 is 5.32 Å². The van der Waals surface area contributed by atoms with Gasteiger partial charge < -0.3 is 20.5 Å². The fourth-order valence-corrected chi connectivity index (χ4v) is 2.36. The lowest BCUT2D eigenvalue weighted by atomic mass is 10.0. The normalized spacial score (nSPS) is 21.6. The van der Waals surface area contributed by atoms with Crippen molar-refractivity contribution in [1.29, 1.82) is 0 Å². The van der Waals surface area contributed by atoms with E-state index in [9.17, 15) is 19.7 Å².